The molecule has 1 atom stereocenters. The summed E-state index contributed by atoms with van der Waals surface area (Å²) in [6.07, 6.45) is 0.870. The second-order valence-electron chi connectivity index (χ2n) is 2.33. The zero-order valence-electron chi connectivity index (χ0n) is 5.06. The molecule has 0 spiro atoms. The van der Waals surface area contributed by atoms with Crippen molar-refractivity contribution in [3.05, 3.63) is 0 Å². The quantitative estimate of drug-likeness (QED) is 0.584. The Labute approximate surface area is 62.9 Å². The summed E-state index contributed by atoms with van der Waals surface area (Å²) in [7, 11) is 0. The SMILES string of the molecule is N#CC1(CBr)CCOC1. The molecule has 0 aromatic carbocycles. The zero-order valence-corrected chi connectivity index (χ0v) is 6.65. The van der Waals surface area contributed by atoms with E-state index in [1.54, 1.807) is 0 Å². The Morgan fingerprint density at radius 1 is 1.78 bits per heavy atom. The van der Waals surface area contributed by atoms with Crippen molar-refractivity contribution >= 4 is 15.9 Å². The van der Waals surface area contributed by atoms with Crippen molar-refractivity contribution in [3.63, 3.8) is 0 Å². The third kappa shape index (κ3) is 1.25. The molecule has 0 saturated carbocycles. The molecule has 9 heavy (non-hydrogen) atoms. The van der Waals surface area contributed by atoms with E-state index in [1.807, 2.05) is 0 Å². The molecule has 0 amide bonds. The van der Waals surface area contributed by atoms with Gasteiger partial charge in [-0.15, -0.1) is 0 Å². The Morgan fingerprint density at radius 2 is 2.56 bits per heavy atom. The van der Waals surface area contributed by atoms with E-state index in [1.165, 1.54) is 0 Å². The van der Waals surface area contributed by atoms with Crippen LogP contribution in [0.4, 0.5) is 0 Å². The van der Waals surface area contributed by atoms with Crippen LogP contribution in [0.5, 0.6) is 0 Å². The lowest BCUT2D eigenvalue weighted by atomic mass is 9.92. The number of ether oxygens (including phenoxy) is 1. The molecule has 3 heteroatoms. The van der Waals surface area contributed by atoms with Gasteiger partial charge in [0.15, 0.2) is 0 Å². The fourth-order valence-corrected chi connectivity index (χ4v) is 1.40. The van der Waals surface area contributed by atoms with Gasteiger partial charge in [-0.2, -0.15) is 5.26 Å². The number of nitrogens with zero attached hydrogens (tertiary/aromatic N) is 1. The lowest BCUT2D eigenvalue weighted by molar-refractivity contribution is 0.178. The van der Waals surface area contributed by atoms with E-state index in [2.05, 4.69) is 22.0 Å². The van der Waals surface area contributed by atoms with Gasteiger partial charge in [-0.3, -0.25) is 0 Å². The van der Waals surface area contributed by atoms with Crippen LogP contribution >= 0.6 is 15.9 Å². The first kappa shape index (κ1) is 7.04. The molecule has 0 aromatic rings. The highest BCUT2D eigenvalue weighted by Gasteiger charge is 2.33. The topological polar surface area (TPSA) is 33.0 Å². The minimum atomic E-state index is -0.222. The molecule has 1 fully saturated rings. The second-order valence-corrected chi connectivity index (χ2v) is 2.89. The Balaban J connectivity index is 2.59. The van der Waals surface area contributed by atoms with E-state index in [4.69, 9.17) is 10.00 Å². The predicted molar refractivity (Wildman–Crippen MR) is 37.3 cm³/mol. The molecule has 50 valence electrons. The number of nitriles is 1. The van der Waals surface area contributed by atoms with Crippen LogP contribution in [0.1, 0.15) is 6.42 Å². The van der Waals surface area contributed by atoms with Crippen LogP contribution in [0.2, 0.25) is 0 Å². The molecule has 2 nitrogen and oxygen atoms in total. The summed E-state index contributed by atoms with van der Waals surface area (Å²) in [6.45, 7) is 1.33. The lowest BCUT2D eigenvalue weighted by Crippen LogP contribution is -2.19. The van der Waals surface area contributed by atoms with Crippen molar-refractivity contribution in [3.8, 4) is 6.07 Å². The number of hydrogen-bond donors (Lipinski definition) is 0. The van der Waals surface area contributed by atoms with Crippen molar-refractivity contribution in [1.29, 1.82) is 5.26 Å². The molecular weight excluding hydrogens is 182 g/mol. The van der Waals surface area contributed by atoms with E-state index < -0.39 is 0 Å². The summed E-state index contributed by atoms with van der Waals surface area (Å²) in [6, 6.07) is 2.26. The van der Waals surface area contributed by atoms with E-state index in [9.17, 15) is 0 Å². The molecule has 0 aliphatic carbocycles. The third-order valence-electron chi connectivity index (χ3n) is 1.60. The van der Waals surface area contributed by atoms with Gasteiger partial charge in [-0.1, -0.05) is 15.9 Å². The van der Waals surface area contributed by atoms with Crippen LogP contribution in [-0.4, -0.2) is 18.5 Å². The molecule has 0 N–H and O–H groups in total. The smallest absolute Gasteiger partial charge is 0.0924 e. The highest BCUT2D eigenvalue weighted by atomic mass is 79.9. The van der Waals surface area contributed by atoms with Crippen LogP contribution in [-0.2, 0) is 4.74 Å². The molecule has 0 radical (unpaired) electrons. The van der Waals surface area contributed by atoms with Gasteiger partial charge in [0.05, 0.1) is 18.1 Å². The Morgan fingerprint density at radius 3 is 2.78 bits per heavy atom. The van der Waals surface area contributed by atoms with Gasteiger partial charge >= 0.3 is 0 Å². The van der Waals surface area contributed by atoms with Gasteiger partial charge in [-0.05, 0) is 6.42 Å². The highest BCUT2D eigenvalue weighted by molar-refractivity contribution is 9.09. The molecule has 1 aliphatic heterocycles. The minimum Gasteiger partial charge on any atom is -0.380 e. The first-order chi connectivity index (χ1) is 4.33. The number of alkyl halides is 1. The van der Waals surface area contributed by atoms with Gasteiger partial charge < -0.3 is 4.74 Å². The summed E-state index contributed by atoms with van der Waals surface area (Å²) < 4.78 is 5.09. The van der Waals surface area contributed by atoms with E-state index in [0.29, 0.717) is 6.61 Å². The molecule has 1 unspecified atom stereocenters. The van der Waals surface area contributed by atoms with Crippen molar-refractivity contribution < 1.29 is 4.74 Å². The molecule has 1 heterocycles. The maximum absolute atomic E-state index is 8.66. The first-order valence-corrected chi connectivity index (χ1v) is 4.00. The molecular formula is C6H8BrNO. The van der Waals surface area contributed by atoms with Gasteiger partial charge in [0.1, 0.15) is 0 Å². The predicted octanol–water partition coefficient (Wildman–Crippen LogP) is 1.31. The second kappa shape index (κ2) is 2.68. The summed E-state index contributed by atoms with van der Waals surface area (Å²) >= 11 is 3.29. The van der Waals surface area contributed by atoms with E-state index in [-0.39, 0.29) is 5.41 Å². The lowest BCUT2D eigenvalue weighted by Gasteiger charge is -2.12. The normalized spacial score (nSPS) is 34.2. The molecule has 1 rings (SSSR count). The largest absolute Gasteiger partial charge is 0.380 e. The first-order valence-electron chi connectivity index (χ1n) is 2.88. The van der Waals surface area contributed by atoms with Crippen LogP contribution in [0, 0.1) is 16.7 Å². The van der Waals surface area contributed by atoms with Gasteiger partial charge in [0.2, 0.25) is 0 Å². The summed E-state index contributed by atoms with van der Waals surface area (Å²) in [5.41, 5.74) is -0.222. The van der Waals surface area contributed by atoms with Crippen molar-refractivity contribution in [2.45, 2.75) is 6.42 Å². The van der Waals surface area contributed by atoms with Gasteiger partial charge in [0, 0.05) is 11.9 Å². The molecule has 1 saturated heterocycles. The van der Waals surface area contributed by atoms with Crippen LogP contribution in [0.3, 0.4) is 0 Å². The van der Waals surface area contributed by atoms with Crippen LogP contribution in [0.25, 0.3) is 0 Å². The Hall–Kier alpha value is -0.0700. The standard InChI is InChI=1S/C6H8BrNO/c7-3-6(4-8)1-2-9-5-6/h1-3,5H2. The van der Waals surface area contributed by atoms with Crippen molar-refractivity contribution in [2.24, 2.45) is 5.41 Å². The summed E-state index contributed by atoms with van der Waals surface area (Å²) in [5.74, 6) is 0. The molecule has 1 aliphatic rings. The fourth-order valence-electron chi connectivity index (χ4n) is 0.831. The maximum atomic E-state index is 8.66. The fraction of sp³-hybridized carbons (Fsp3) is 0.833. The average molecular weight is 190 g/mol. The molecule has 0 aromatic heterocycles. The number of hydrogen-bond acceptors (Lipinski definition) is 2. The Kier molecular flexibility index (Phi) is 2.09. The third-order valence-corrected chi connectivity index (χ3v) is 2.67. The van der Waals surface area contributed by atoms with E-state index in [0.717, 1.165) is 18.4 Å². The van der Waals surface area contributed by atoms with Crippen LogP contribution < -0.4 is 0 Å². The van der Waals surface area contributed by atoms with Gasteiger partial charge in [0.25, 0.3) is 0 Å². The zero-order chi connectivity index (χ0) is 6.74. The van der Waals surface area contributed by atoms with Crippen molar-refractivity contribution in [1.82, 2.24) is 0 Å². The summed E-state index contributed by atoms with van der Waals surface area (Å²) in [4.78, 5) is 0. The van der Waals surface area contributed by atoms with Crippen LogP contribution in [0.15, 0.2) is 0 Å². The average Bonchev–Trinajstić information content (AvgIpc) is 2.36. The Bertz CT molecular complexity index is 134. The van der Waals surface area contributed by atoms with Gasteiger partial charge in [-0.25, -0.2) is 0 Å². The van der Waals surface area contributed by atoms with E-state index >= 15 is 0 Å². The number of rotatable bonds is 1. The monoisotopic (exact) mass is 189 g/mol. The summed E-state index contributed by atoms with van der Waals surface area (Å²) in [5, 5.41) is 9.39. The highest BCUT2D eigenvalue weighted by Crippen LogP contribution is 2.29. The van der Waals surface area contributed by atoms with Crippen molar-refractivity contribution in [2.75, 3.05) is 18.5 Å². The maximum Gasteiger partial charge on any atom is 0.0924 e. The minimum absolute atomic E-state index is 0.222. The number of halogens is 1. The molecule has 0 bridgehead atoms.